The van der Waals surface area contributed by atoms with E-state index in [1.54, 1.807) is 0 Å². The fourth-order valence-electron chi connectivity index (χ4n) is 2.96. The van der Waals surface area contributed by atoms with E-state index in [-0.39, 0.29) is 0 Å². The van der Waals surface area contributed by atoms with Gasteiger partial charge in [-0.3, -0.25) is 0 Å². The van der Waals surface area contributed by atoms with Gasteiger partial charge in [0.05, 0.1) is 0 Å². The predicted molar refractivity (Wildman–Crippen MR) is 92.0 cm³/mol. The van der Waals surface area contributed by atoms with Crippen LogP contribution in [0.1, 0.15) is 24.4 Å². The van der Waals surface area contributed by atoms with Crippen molar-refractivity contribution in [2.24, 2.45) is 0 Å². The monoisotopic (exact) mass is 301 g/mol. The molecule has 2 nitrogen and oxygen atoms in total. The van der Waals surface area contributed by atoms with E-state index in [1.165, 1.54) is 29.2 Å². The average Bonchev–Trinajstić information content (AvgIpc) is 2.56. The number of thioether (sulfide) groups is 1. The number of ether oxygens (including phenoxy) is 1. The Balaban J connectivity index is 1.75. The Hall–Kier alpha value is -1.03. The Labute approximate surface area is 131 Å². The third-order valence-corrected chi connectivity index (χ3v) is 5.68. The Morgan fingerprint density at radius 2 is 1.90 bits per heavy atom. The lowest BCUT2D eigenvalue weighted by Crippen LogP contribution is -2.23. The zero-order valence-corrected chi connectivity index (χ0v) is 13.4. The molecule has 1 N–H and O–H groups in total. The second kappa shape index (κ2) is 7.30. The topological polar surface area (TPSA) is 21.3 Å². The summed E-state index contributed by atoms with van der Waals surface area (Å²) < 4.78 is 5.45. The lowest BCUT2D eigenvalue weighted by Gasteiger charge is -2.25. The normalized spacial score (nSPS) is 18.0. The summed E-state index contributed by atoms with van der Waals surface area (Å²) in [6.45, 7) is 1.85. The summed E-state index contributed by atoms with van der Waals surface area (Å²) in [4.78, 5) is 0. The van der Waals surface area contributed by atoms with Crippen molar-refractivity contribution in [2.75, 3.05) is 26.0 Å². The second-order valence-corrected chi connectivity index (χ2v) is 6.89. The first-order chi connectivity index (χ1) is 10.4. The molecule has 21 heavy (non-hydrogen) atoms. The van der Waals surface area contributed by atoms with Gasteiger partial charge in [0, 0.05) is 30.3 Å². The van der Waals surface area contributed by atoms with Gasteiger partial charge in [0.25, 0.3) is 0 Å². The van der Waals surface area contributed by atoms with E-state index in [2.05, 4.69) is 66.6 Å². The van der Waals surface area contributed by atoms with Crippen LogP contribution in [0.5, 0.6) is 0 Å². The fraction of sp³-hybridized carbons (Fsp3) is 0.444. The molecule has 0 spiro atoms. The molecule has 0 aliphatic carbocycles. The molecule has 1 aliphatic heterocycles. The van der Waals surface area contributed by atoms with Gasteiger partial charge in [-0.05, 0) is 36.2 Å². The highest BCUT2D eigenvalue weighted by molar-refractivity contribution is 7.99. The highest BCUT2D eigenvalue weighted by Gasteiger charge is 2.18. The van der Waals surface area contributed by atoms with Crippen LogP contribution >= 0.6 is 11.8 Å². The van der Waals surface area contributed by atoms with Crippen LogP contribution in [-0.4, -0.2) is 31.3 Å². The molecule has 2 aromatic carbocycles. The van der Waals surface area contributed by atoms with Crippen molar-refractivity contribution in [3.8, 4) is 0 Å². The van der Waals surface area contributed by atoms with Gasteiger partial charge < -0.3 is 10.1 Å². The fourth-order valence-corrected chi connectivity index (χ4v) is 4.29. The van der Waals surface area contributed by atoms with Crippen LogP contribution in [0.15, 0.2) is 42.5 Å². The number of hydrogen-bond acceptors (Lipinski definition) is 3. The van der Waals surface area contributed by atoms with E-state index in [1.807, 2.05) is 0 Å². The minimum absolute atomic E-state index is 0.406. The zero-order chi connectivity index (χ0) is 14.5. The molecule has 1 saturated heterocycles. The average molecular weight is 301 g/mol. The maximum absolute atomic E-state index is 5.45. The molecule has 0 aromatic heterocycles. The van der Waals surface area contributed by atoms with Crippen LogP contribution in [0.3, 0.4) is 0 Å². The van der Waals surface area contributed by atoms with Crippen LogP contribution < -0.4 is 5.32 Å². The zero-order valence-electron chi connectivity index (χ0n) is 12.5. The molecule has 3 heteroatoms. The quantitative estimate of drug-likeness (QED) is 0.901. The summed E-state index contributed by atoms with van der Waals surface area (Å²) in [5.74, 6) is 1.12. The Kier molecular flexibility index (Phi) is 5.17. The molecule has 1 aliphatic rings. The highest BCUT2D eigenvalue weighted by Crippen LogP contribution is 2.30. The van der Waals surface area contributed by atoms with Gasteiger partial charge in [-0.15, -0.1) is 0 Å². The molecular formula is C18H23NOS. The Bertz CT molecular complexity index is 575. The van der Waals surface area contributed by atoms with Gasteiger partial charge >= 0.3 is 0 Å². The Morgan fingerprint density at radius 1 is 1.14 bits per heavy atom. The first kappa shape index (κ1) is 14.9. The van der Waals surface area contributed by atoms with E-state index >= 15 is 0 Å². The maximum Gasteiger partial charge on any atom is 0.0476 e. The van der Waals surface area contributed by atoms with E-state index in [0.717, 1.165) is 24.2 Å². The number of rotatable bonds is 5. The molecule has 0 amide bonds. The summed E-state index contributed by atoms with van der Waals surface area (Å²) in [5.41, 5.74) is 1.41. The van der Waals surface area contributed by atoms with Crippen molar-refractivity contribution in [3.05, 3.63) is 48.0 Å². The van der Waals surface area contributed by atoms with Crippen molar-refractivity contribution in [1.82, 2.24) is 5.32 Å². The molecule has 3 rings (SSSR count). The highest BCUT2D eigenvalue weighted by atomic mass is 32.2. The van der Waals surface area contributed by atoms with Gasteiger partial charge in [-0.1, -0.05) is 42.5 Å². The largest absolute Gasteiger partial charge is 0.381 e. The number of hydrogen-bond donors (Lipinski definition) is 1. The van der Waals surface area contributed by atoms with Crippen molar-refractivity contribution >= 4 is 22.5 Å². The third-order valence-electron chi connectivity index (χ3n) is 4.21. The van der Waals surface area contributed by atoms with Crippen molar-refractivity contribution in [3.63, 3.8) is 0 Å². The van der Waals surface area contributed by atoms with Crippen LogP contribution in [0, 0.1) is 0 Å². The molecule has 112 valence electrons. The lowest BCUT2D eigenvalue weighted by molar-refractivity contribution is 0.1000. The van der Waals surface area contributed by atoms with Crippen LogP contribution in [0.4, 0.5) is 0 Å². The minimum atomic E-state index is 0.406. The summed E-state index contributed by atoms with van der Waals surface area (Å²) in [7, 11) is 2.07. The maximum atomic E-state index is 5.45. The standard InChI is InChI=1S/C18H23NOS/c1-19-18(13-21-15-9-11-20-12-10-15)17-8-4-6-14-5-2-3-7-16(14)17/h2-8,15,18-19H,9-13H2,1H3. The molecule has 0 radical (unpaired) electrons. The lowest BCUT2D eigenvalue weighted by atomic mass is 10.00. The van der Waals surface area contributed by atoms with Crippen molar-refractivity contribution in [1.29, 1.82) is 0 Å². The van der Waals surface area contributed by atoms with E-state index in [4.69, 9.17) is 4.74 Å². The van der Waals surface area contributed by atoms with Crippen molar-refractivity contribution in [2.45, 2.75) is 24.1 Å². The van der Waals surface area contributed by atoms with Crippen LogP contribution in [-0.2, 0) is 4.74 Å². The van der Waals surface area contributed by atoms with Gasteiger partial charge in [0.1, 0.15) is 0 Å². The summed E-state index contributed by atoms with van der Waals surface area (Å²) in [6, 6.07) is 15.7. The first-order valence-corrected chi connectivity index (χ1v) is 8.77. The third kappa shape index (κ3) is 3.60. The molecular weight excluding hydrogens is 278 g/mol. The summed E-state index contributed by atoms with van der Waals surface area (Å²) in [6.07, 6.45) is 2.38. The van der Waals surface area contributed by atoms with Gasteiger partial charge in [0.2, 0.25) is 0 Å². The van der Waals surface area contributed by atoms with E-state index in [0.29, 0.717) is 6.04 Å². The number of benzene rings is 2. The molecule has 1 atom stereocenters. The molecule has 0 bridgehead atoms. The van der Waals surface area contributed by atoms with E-state index in [9.17, 15) is 0 Å². The number of nitrogens with one attached hydrogen (secondary N) is 1. The predicted octanol–water partition coefficient (Wildman–Crippen LogP) is 4.01. The first-order valence-electron chi connectivity index (χ1n) is 7.73. The number of fused-ring (bicyclic) bond motifs is 1. The molecule has 0 saturated carbocycles. The summed E-state index contributed by atoms with van der Waals surface area (Å²) in [5, 5.41) is 6.95. The summed E-state index contributed by atoms with van der Waals surface area (Å²) >= 11 is 2.09. The molecule has 1 fully saturated rings. The van der Waals surface area contributed by atoms with Crippen molar-refractivity contribution < 1.29 is 4.74 Å². The van der Waals surface area contributed by atoms with Crippen LogP contribution in [0.2, 0.25) is 0 Å². The molecule has 1 heterocycles. The van der Waals surface area contributed by atoms with Gasteiger partial charge in [0.15, 0.2) is 0 Å². The molecule has 1 unspecified atom stereocenters. The van der Waals surface area contributed by atoms with E-state index < -0.39 is 0 Å². The van der Waals surface area contributed by atoms with Gasteiger partial charge in [-0.2, -0.15) is 11.8 Å². The minimum Gasteiger partial charge on any atom is -0.381 e. The second-order valence-electron chi connectivity index (χ2n) is 5.55. The van der Waals surface area contributed by atoms with Gasteiger partial charge in [-0.25, -0.2) is 0 Å². The SMILES string of the molecule is CNC(CSC1CCOCC1)c1cccc2ccccc12. The molecule has 2 aromatic rings. The Morgan fingerprint density at radius 3 is 2.71 bits per heavy atom. The van der Waals surface area contributed by atoms with Crippen LogP contribution in [0.25, 0.3) is 10.8 Å². The smallest absolute Gasteiger partial charge is 0.0476 e.